The van der Waals surface area contributed by atoms with E-state index in [-0.39, 0.29) is 0 Å². The molecule has 3 rings (SSSR count). The van der Waals surface area contributed by atoms with Gasteiger partial charge in [-0.05, 0) is 30.4 Å². The van der Waals surface area contributed by atoms with E-state index in [0.717, 1.165) is 30.8 Å². The Labute approximate surface area is 119 Å². The van der Waals surface area contributed by atoms with E-state index in [0.29, 0.717) is 24.5 Å². The van der Waals surface area contributed by atoms with E-state index < -0.39 is 0 Å². The molecular formula is C17H20N2O. The van der Waals surface area contributed by atoms with E-state index in [1.54, 1.807) is 0 Å². The predicted molar refractivity (Wildman–Crippen MR) is 79.6 cm³/mol. The van der Waals surface area contributed by atoms with Crippen LogP contribution in [-0.4, -0.2) is 15.8 Å². The highest BCUT2D eigenvalue weighted by Crippen LogP contribution is 2.30. The van der Waals surface area contributed by atoms with Crippen LogP contribution in [0.15, 0.2) is 30.5 Å². The average Bonchev–Trinajstić information content (AvgIpc) is 2.98. The fourth-order valence-electron chi connectivity index (χ4n) is 2.82. The first-order valence-electron chi connectivity index (χ1n) is 7.42. The van der Waals surface area contributed by atoms with Gasteiger partial charge >= 0.3 is 0 Å². The lowest BCUT2D eigenvalue weighted by molar-refractivity contribution is -0.120. The Morgan fingerprint density at radius 2 is 1.90 bits per heavy atom. The molecule has 0 amide bonds. The van der Waals surface area contributed by atoms with Crippen LogP contribution in [-0.2, 0) is 11.2 Å². The fraction of sp³-hybridized carbons (Fsp3) is 0.412. The molecule has 0 saturated heterocycles. The average molecular weight is 268 g/mol. The summed E-state index contributed by atoms with van der Waals surface area (Å²) in [6, 6.07) is 8.60. The summed E-state index contributed by atoms with van der Waals surface area (Å²) in [5.74, 6) is 1.84. The van der Waals surface area contributed by atoms with Gasteiger partial charge < -0.3 is 4.98 Å². The lowest BCUT2D eigenvalue weighted by Crippen LogP contribution is -2.13. The van der Waals surface area contributed by atoms with Crippen molar-refractivity contribution in [2.24, 2.45) is 0 Å². The van der Waals surface area contributed by atoms with Crippen molar-refractivity contribution in [3.05, 3.63) is 41.9 Å². The van der Waals surface area contributed by atoms with E-state index in [2.05, 4.69) is 41.2 Å². The molecule has 1 fully saturated rings. The van der Waals surface area contributed by atoms with Crippen molar-refractivity contribution < 1.29 is 4.79 Å². The highest BCUT2D eigenvalue weighted by Gasteiger charge is 2.22. The van der Waals surface area contributed by atoms with Crippen molar-refractivity contribution in [3.8, 4) is 11.3 Å². The van der Waals surface area contributed by atoms with Crippen molar-refractivity contribution in [1.82, 2.24) is 9.97 Å². The third-order valence-corrected chi connectivity index (χ3v) is 4.20. The zero-order valence-corrected chi connectivity index (χ0v) is 11.9. The maximum absolute atomic E-state index is 11.3. The first kappa shape index (κ1) is 13.1. The quantitative estimate of drug-likeness (QED) is 0.918. The van der Waals surface area contributed by atoms with Gasteiger partial charge in [-0.1, -0.05) is 31.2 Å². The SMILES string of the molecule is CCc1ccc(-c2cnc(C3CCC(=O)CC3)[nH]2)cc1. The van der Waals surface area contributed by atoms with E-state index in [9.17, 15) is 4.79 Å². The summed E-state index contributed by atoms with van der Waals surface area (Å²) in [7, 11) is 0. The van der Waals surface area contributed by atoms with Gasteiger partial charge in [-0.2, -0.15) is 0 Å². The number of carbonyl (C=O) groups excluding carboxylic acids is 1. The number of benzene rings is 1. The topological polar surface area (TPSA) is 45.8 Å². The Bertz CT molecular complexity index is 588. The molecule has 0 radical (unpaired) electrons. The van der Waals surface area contributed by atoms with Crippen LogP contribution in [0.25, 0.3) is 11.3 Å². The monoisotopic (exact) mass is 268 g/mol. The van der Waals surface area contributed by atoms with Crippen molar-refractivity contribution in [2.45, 2.75) is 44.9 Å². The number of rotatable bonds is 3. The van der Waals surface area contributed by atoms with E-state index in [1.165, 1.54) is 11.1 Å². The Hall–Kier alpha value is -1.90. The van der Waals surface area contributed by atoms with Crippen LogP contribution in [0.3, 0.4) is 0 Å². The number of hydrogen-bond acceptors (Lipinski definition) is 2. The minimum absolute atomic E-state index is 0.392. The summed E-state index contributed by atoms with van der Waals surface area (Å²) < 4.78 is 0. The number of imidazole rings is 1. The van der Waals surface area contributed by atoms with Crippen LogP contribution < -0.4 is 0 Å². The standard InChI is InChI=1S/C17H20N2O/c1-2-12-3-5-13(6-4-12)16-11-18-17(19-16)14-7-9-15(20)10-8-14/h3-6,11,14H,2,7-10H2,1H3,(H,18,19). The van der Waals surface area contributed by atoms with Crippen molar-refractivity contribution in [1.29, 1.82) is 0 Å². The second kappa shape index (κ2) is 5.61. The number of ketones is 1. The zero-order chi connectivity index (χ0) is 13.9. The van der Waals surface area contributed by atoms with E-state index in [1.807, 2.05) is 6.20 Å². The van der Waals surface area contributed by atoms with Crippen LogP contribution in [0.5, 0.6) is 0 Å². The molecule has 0 bridgehead atoms. The number of aryl methyl sites for hydroxylation is 1. The largest absolute Gasteiger partial charge is 0.342 e. The molecule has 0 atom stereocenters. The normalized spacial score (nSPS) is 16.6. The van der Waals surface area contributed by atoms with Crippen molar-refractivity contribution in [3.63, 3.8) is 0 Å². The lowest BCUT2D eigenvalue weighted by Gasteiger charge is -2.18. The summed E-state index contributed by atoms with van der Waals surface area (Å²) in [6.07, 6.45) is 6.23. The molecule has 3 nitrogen and oxygen atoms in total. The molecule has 104 valence electrons. The molecule has 0 spiro atoms. The maximum atomic E-state index is 11.3. The van der Waals surface area contributed by atoms with Crippen LogP contribution in [0, 0.1) is 0 Å². The van der Waals surface area contributed by atoms with Gasteiger partial charge in [0.15, 0.2) is 0 Å². The molecule has 0 aliphatic heterocycles. The molecule has 1 aliphatic rings. The minimum atomic E-state index is 0.392. The Kier molecular flexibility index (Phi) is 3.68. The van der Waals surface area contributed by atoms with Crippen LogP contribution in [0.1, 0.15) is 49.9 Å². The van der Waals surface area contributed by atoms with Crippen molar-refractivity contribution >= 4 is 5.78 Å². The number of Topliss-reactive ketones (excluding diaryl/α,β-unsaturated/α-hetero) is 1. The van der Waals surface area contributed by atoms with Crippen LogP contribution in [0.4, 0.5) is 0 Å². The van der Waals surface area contributed by atoms with Gasteiger partial charge in [-0.25, -0.2) is 4.98 Å². The molecule has 1 aromatic carbocycles. The first-order chi connectivity index (χ1) is 9.76. The summed E-state index contributed by atoms with van der Waals surface area (Å²) in [5, 5.41) is 0. The second-order valence-corrected chi connectivity index (χ2v) is 5.55. The number of aromatic amines is 1. The van der Waals surface area contributed by atoms with Gasteiger partial charge in [0.1, 0.15) is 11.6 Å². The minimum Gasteiger partial charge on any atom is -0.342 e. The lowest BCUT2D eigenvalue weighted by atomic mass is 9.88. The smallest absolute Gasteiger partial charge is 0.132 e. The van der Waals surface area contributed by atoms with Crippen LogP contribution >= 0.6 is 0 Å². The number of nitrogens with zero attached hydrogens (tertiary/aromatic N) is 1. The number of H-pyrrole nitrogens is 1. The zero-order valence-electron chi connectivity index (χ0n) is 11.9. The van der Waals surface area contributed by atoms with E-state index >= 15 is 0 Å². The molecule has 20 heavy (non-hydrogen) atoms. The van der Waals surface area contributed by atoms with E-state index in [4.69, 9.17) is 0 Å². The highest BCUT2D eigenvalue weighted by molar-refractivity contribution is 5.79. The van der Waals surface area contributed by atoms with Gasteiger partial charge in [-0.15, -0.1) is 0 Å². The molecule has 1 heterocycles. The fourth-order valence-corrected chi connectivity index (χ4v) is 2.82. The number of carbonyl (C=O) groups is 1. The molecular weight excluding hydrogens is 248 g/mol. The maximum Gasteiger partial charge on any atom is 0.132 e. The van der Waals surface area contributed by atoms with Crippen LogP contribution in [0.2, 0.25) is 0 Å². The first-order valence-corrected chi connectivity index (χ1v) is 7.42. The second-order valence-electron chi connectivity index (χ2n) is 5.55. The summed E-state index contributed by atoms with van der Waals surface area (Å²) >= 11 is 0. The Morgan fingerprint density at radius 3 is 2.55 bits per heavy atom. The number of aromatic nitrogens is 2. The van der Waals surface area contributed by atoms with Gasteiger partial charge in [0, 0.05) is 18.8 Å². The highest BCUT2D eigenvalue weighted by atomic mass is 16.1. The van der Waals surface area contributed by atoms with Gasteiger partial charge in [0.05, 0.1) is 11.9 Å². The van der Waals surface area contributed by atoms with Gasteiger partial charge in [0.2, 0.25) is 0 Å². The number of hydrogen-bond donors (Lipinski definition) is 1. The molecule has 2 aromatic rings. The summed E-state index contributed by atoms with van der Waals surface area (Å²) in [5.41, 5.74) is 3.59. The molecule has 1 saturated carbocycles. The molecule has 3 heteroatoms. The van der Waals surface area contributed by atoms with Gasteiger partial charge in [0.25, 0.3) is 0 Å². The van der Waals surface area contributed by atoms with Crippen molar-refractivity contribution in [2.75, 3.05) is 0 Å². The Morgan fingerprint density at radius 1 is 1.20 bits per heavy atom. The molecule has 0 unspecified atom stereocenters. The Balaban J connectivity index is 1.77. The molecule has 1 aliphatic carbocycles. The number of nitrogens with one attached hydrogen (secondary N) is 1. The summed E-state index contributed by atoms with van der Waals surface area (Å²) in [4.78, 5) is 19.2. The third kappa shape index (κ3) is 2.67. The summed E-state index contributed by atoms with van der Waals surface area (Å²) in [6.45, 7) is 2.16. The molecule has 1 N–H and O–H groups in total. The predicted octanol–water partition coefficient (Wildman–Crippen LogP) is 3.87. The molecule has 1 aromatic heterocycles. The van der Waals surface area contributed by atoms with Gasteiger partial charge in [-0.3, -0.25) is 4.79 Å². The third-order valence-electron chi connectivity index (χ3n) is 4.20.